The monoisotopic (exact) mass is 278 g/mol. The van der Waals surface area contributed by atoms with Gasteiger partial charge in [-0.3, -0.25) is 9.69 Å². The number of rotatable bonds is 2. The summed E-state index contributed by atoms with van der Waals surface area (Å²) < 4.78 is 0. The van der Waals surface area contributed by atoms with Crippen molar-refractivity contribution in [2.24, 2.45) is 5.92 Å². The van der Waals surface area contributed by atoms with Gasteiger partial charge < -0.3 is 5.32 Å². The van der Waals surface area contributed by atoms with Crippen LogP contribution in [-0.4, -0.2) is 36.0 Å². The lowest BCUT2D eigenvalue weighted by Crippen LogP contribution is -2.62. The van der Waals surface area contributed by atoms with Gasteiger partial charge in [0, 0.05) is 22.7 Å². The Morgan fingerprint density at radius 1 is 1.26 bits per heavy atom. The Hall–Kier alpha value is -1.06. The third-order valence-electron chi connectivity index (χ3n) is 4.58. The van der Waals surface area contributed by atoms with Crippen LogP contribution in [-0.2, 0) is 0 Å². The number of nitrogens with one attached hydrogen (secondary N) is 1. The Morgan fingerprint density at radius 2 is 1.89 bits per heavy atom. The minimum Gasteiger partial charge on any atom is -0.347 e. The molecule has 3 aliphatic rings. The summed E-state index contributed by atoms with van der Waals surface area (Å²) in [6, 6.07) is 7.81. The summed E-state index contributed by atoms with van der Waals surface area (Å²) in [7, 11) is 0. The first-order valence-corrected chi connectivity index (χ1v) is 7.33. The van der Waals surface area contributed by atoms with Gasteiger partial charge in [0.25, 0.3) is 5.91 Å². The summed E-state index contributed by atoms with van der Waals surface area (Å²) in [6.45, 7) is 4.58. The van der Waals surface area contributed by atoms with E-state index in [2.05, 4.69) is 17.1 Å². The van der Waals surface area contributed by atoms with E-state index in [9.17, 15) is 4.79 Å². The molecule has 0 unspecified atom stereocenters. The smallest absolute Gasteiger partial charge is 0.251 e. The van der Waals surface area contributed by atoms with Crippen LogP contribution in [0.5, 0.6) is 0 Å². The summed E-state index contributed by atoms with van der Waals surface area (Å²) in [4.78, 5) is 14.8. The minimum atomic E-state index is 0.0160. The van der Waals surface area contributed by atoms with Crippen LogP contribution in [0, 0.1) is 5.92 Å². The first kappa shape index (κ1) is 12.9. The van der Waals surface area contributed by atoms with Crippen LogP contribution < -0.4 is 5.32 Å². The Kier molecular flexibility index (Phi) is 3.50. The number of carbonyl (C=O) groups excluding carboxylic acids is 1. The van der Waals surface area contributed by atoms with Crippen LogP contribution in [0.1, 0.15) is 30.1 Å². The zero-order valence-electron chi connectivity index (χ0n) is 11.1. The maximum absolute atomic E-state index is 12.3. The third-order valence-corrected chi connectivity index (χ3v) is 4.83. The molecular formula is C15H19ClN2O. The van der Waals surface area contributed by atoms with E-state index in [-0.39, 0.29) is 11.9 Å². The molecule has 0 aromatic heterocycles. The highest BCUT2D eigenvalue weighted by atomic mass is 35.5. The van der Waals surface area contributed by atoms with Gasteiger partial charge in [0.05, 0.1) is 0 Å². The maximum Gasteiger partial charge on any atom is 0.251 e. The molecule has 19 heavy (non-hydrogen) atoms. The van der Waals surface area contributed by atoms with Crippen molar-refractivity contribution < 1.29 is 4.79 Å². The normalized spacial score (nSPS) is 33.2. The first-order valence-electron chi connectivity index (χ1n) is 6.95. The second-order valence-corrected chi connectivity index (χ2v) is 6.06. The lowest BCUT2D eigenvalue weighted by molar-refractivity contribution is 0.0217. The summed E-state index contributed by atoms with van der Waals surface area (Å²) in [5, 5.41) is 3.87. The molecule has 3 aliphatic heterocycles. The quantitative estimate of drug-likeness (QED) is 0.902. The molecule has 0 aliphatic carbocycles. The molecule has 3 nitrogen and oxygen atoms in total. The number of hydrogen-bond donors (Lipinski definition) is 1. The highest BCUT2D eigenvalue weighted by Crippen LogP contribution is 2.32. The molecule has 0 saturated carbocycles. The molecule has 3 fully saturated rings. The van der Waals surface area contributed by atoms with Gasteiger partial charge >= 0.3 is 0 Å². The maximum atomic E-state index is 12.3. The lowest BCUT2D eigenvalue weighted by atomic mass is 9.79. The van der Waals surface area contributed by atoms with Gasteiger partial charge in [0.15, 0.2) is 0 Å². The molecule has 1 aromatic rings. The van der Waals surface area contributed by atoms with E-state index < -0.39 is 0 Å². The molecule has 3 heterocycles. The predicted molar refractivity (Wildman–Crippen MR) is 76.5 cm³/mol. The number of hydrogen-bond acceptors (Lipinski definition) is 2. The van der Waals surface area contributed by atoms with E-state index in [1.54, 1.807) is 24.3 Å². The van der Waals surface area contributed by atoms with Crippen LogP contribution in [0.2, 0.25) is 5.02 Å². The first-order chi connectivity index (χ1) is 9.15. The third kappa shape index (κ3) is 2.49. The molecule has 1 aromatic carbocycles. The average Bonchev–Trinajstić information content (AvgIpc) is 2.44. The van der Waals surface area contributed by atoms with Gasteiger partial charge in [-0.25, -0.2) is 0 Å². The van der Waals surface area contributed by atoms with E-state index in [1.807, 2.05) is 0 Å². The molecule has 1 amide bonds. The van der Waals surface area contributed by atoms with Gasteiger partial charge in [0.1, 0.15) is 0 Å². The van der Waals surface area contributed by atoms with Crippen molar-refractivity contribution in [3.63, 3.8) is 0 Å². The number of benzene rings is 1. The lowest BCUT2D eigenvalue weighted by Gasteiger charge is -2.49. The molecule has 0 spiro atoms. The summed E-state index contributed by atoms with van der Waals surface area (Å²) in [5.41, 5.74) is 0.688. The summed E-state index contributed by atoms with van der Waals surface area (Å²) >= 11 is 5.84. The summed E-state index contributed by atoms with van der Waals surface area (Å²) in [6.07, 6.45) is 2.41. The number of halogens is 1. The fourth-order valence-electron chi connectivity index (χ4n) is 3.38. The van der Waals surface area contributed by atoms with Gasteiger partial charge in [-0.05, 0) is 63.0 Å². The average molecular weight is 279 g/mol. The van der Waals surface area contributed by atoms with Gasteiger partial charge in [0.2, 0.25) is 0 Å². The highest BCUT2D eigenvalue weighted by Gasteiger charge is 2.40. The molecule has 2 bridgehead atoms. The number of carbonyl (C=O) groups is 1. The standard InChI is InChI=1S/C15H19ClN2O/c1-10-14(11-6-8-18(10)9-7-11)17-15(19)12-2-4-13(16)5-3-12/h2-5,10-11,14H,6-9H2,1H3,(H,17,19)/t10-,14-/m0/s1. The minimum absolute atomic E-state index is 0.0160. The molecule has 0 radical (unpaired) electrons. The zero-order chi connectivity index (χ0) is 13.4. The van der Waals surface area contributed by atoms with Crippen molar-refractivity contribution in [2.45, 2.75) is 31.8 Å². The molecule has 2 atom stereocenters. The van der Waals surface area contributed by atoms with Crippen molar-refractivity contribution in [1.29, 1.82) is 0 Å². The molecule has 4 rings (SSSR count). The van der Waals surface area contributed by atoms with E-state index in [0.29, 0.717) is 22.5 Å². The van der Waals surface area contributed by atoms with E-state index in [0.717, 1.165) is 0 Å². The number of amides is 1. The van der Waals surface area contributed by atoms with Crippen molar-refractivity contribution in [3.05, 3.63) is 34.9 Å². The molecule has 3 saturated heterocycles. The predicted octanol–water partition coefficient (Wildman–Crippen LogP) is 2.55. The van der Waals surface area contributed by atoms with Gasteiger partial charge in [-0.2, -0.15) is 0 Å². The second kappa shape index (κ2) is 5.14. The Bertz CT molecular complexity index is 464. The fraction of sp³-hybridized carbons (Fsp3) is 0.533. The van der Waals surface area contributed by atoms with Crippen molar-refractivity contribution in [2.75, 3.05) is 13.1 Å². The zero-order valence-corrected chi connectivity index (χ0v) is 11.9. The van der Waals surface area contributed by atoms with E-state index in [4.69, 9.17) is 11.6 Å². The topological polar surface area (TPSA) is 32.3 Å². The Labute approximate surface area is 118 Å². The van der Waals surface area contributed by atoms with E-state index in [1.165, 1.54) is 25.9 Å². The number of fused-ring (bicyclic) bond motifs is 3. The van der Waals surface area contributed by atoms with Gasteiger partial charge in [-0.15, -0.1) is 0 Å². The van der Waals surface area contributed by atoms with Crippen molar-refractivity contribution in [1.82, 2.24) is 10.2 Å². The SMILES string of the molecule is C[C@H]1[C@H](NC(=O)c2ccc(Cl)cc2)C2CCN1CC2. The van der Waals surface area contributed by atoms with Crippen LogP contribution in [0.3, 0.4) is 0 Å². The molecular weight excluding hydrogens is 260 g/mol. The van der Waals surface area contributed by atoms with Crippen LogP contribution >= 0.6 is 11.6 Å². The largest absolute Gasteiger partial charge is 0.347 e. The van der Waals surface area contributed by atoms with Gasteiger partial charge in [-0.1, -0.05) is 11.6 Å². The molecule has 102 valence electrons. The van der Waals surface area contributed by atoms with Crippen LogP contribution in [0.25, 0.3) is 0 Å². The number of piperidine rings is 3. The second-order valence-electron chi connectivity index (χ2n) is 5.62. The van der Waals surface area contributed by atoms with Crippen LogP contribution in [0.4, 0.5) is 0 Å². The van der Waals surface area contributed by atoms with Crippen LogP contribution in [0.15, 0.2) is 24.3 Å². The van der Waals surface area contributed by atoms with Crippen molar-refractivity contribution >= 4 is 17.5 Å². The Balaban J connectivity index is 1.71. The fourth-order valence-corrected chi connectivity index (χ4v) is 3.51. The van der Waals surface area contributed by atoms with Crippen molar-refractivity contribution in [3.8, 4) is 0 Å². The number of nitrogens with zero attached hydrogens (tertiary/aromatic N) is 1. The molecule has 1 N–H and O–H groups in total. The molecule has 4 heteroatoms. The van der Waals surface area contributed by atoms with E-state index >= 15 is 0 Å². The summed E-state index contributed by atoms with van der Waals surface area (Å²) in [5.74, 6) is 0.651. The highest BCUT2D eigenvalue weighted by molar-refractivity contribution is 6.30. The Morgan fingerprint density at radius 3 is 2.47 bits per heavy atom.